The lowest BCUT2D eigenvalue weighted by Crippen LogP contribution is -1.79. The lowest BCUT2D eigenvalue weighted by atomic mass is 10.1. The fraction of sp³-hybridized carbons (Fsp3) is 0.500. The average molecular weight is 151 g/mol. The summed E-state index contributed by atoms with van der Waals surface area (Å²) in [6.07, 6.45) is 9.40. The van der Waals surface area contributed by atoms with E-state index in [-0.39, 0.29) is 0 Å². The number of allylic oxidation sites excluding steroid dienone is 3. The molecular weight excluding hydrogens is 134 g/mol. The second kappa shape index (κ2) is 7.26. The third-order valence-corrected chi connectivity index (χ3v) is 1.46. The van der Waals surface area contributed by atoms with Gasteiger partial charge in [0.15, 0.2) is 0 Å². The molecule has 0 rings (SSSR count). The molecule has 0 atom stereocenters. The van der Waals surface area contributed by atoms with Crippen LogP contribution in [0.1, 0.15) is 33.1 Å². The van der Waals surface area contributed by atoms with Crippen molar-refractivity contribution in [2.45, 2.75) is 33.1 Å². The number of hydrogen-bond acceptors (Lipinski definition) is 1. The molecule has 0 aromatic rings. The molecule has 62 valence electrons. The van der Waals surface area contributed by atoms with Gasteiger partial charge in [0.2, 0.25) is 0 Å². The monoisotopic (exact) mass is 151 g/mol. The van der Waals surface area contributed by atoms with Gasteiger partial charge in [0.25, 0.3) is 0 Å². The van der Waals surface area contributed by atoms with Gasteiger partial charge in [-0.15, -0.1) is 0 Å². The maximum Gasteiger partial charge on any atom is 0.0255 e. The molecule has 0 aromatic carbocycles. The normalized spacial score (nSPS) is 12.4. The number of aliphatic imine (C=N–C) groups is 1. The first-order valence-corrected chi connectivity index (χ1v) is 4.10. The number of hydrogen-bond donors (Lipinski definition) is 0. The van der Waals surface area contributed by atoms with E-state index in [2.05, 4.69) is 30.8 Å². The Morgan fingerprint density at radius 3 is 2.73 bits per heavy atom. The highest BCUT2D eigenvalue weighted by Gasteiger charge is 1.90. The summed E-state index contributed by atoms with van der Waals surface area (Å²) in [4.78, 5) is 3.76. The fourth-order valence-corrected chi connectivity index (χ4v) is 0.939. The molecular formula is C10H17N. The van der Waals surface area contributed by atoms with E-state index < -0.39 is 0 Å². The van der Waals surface area contributed by atoms with E-state index in [1.54, 1.807) is 0 Å². The second-order valence-electron chi connectivity index (χ2n) is 2.49. The SMILES string of the molecule is C=N/C=C(\C/C=C\C)CCC. The highest BCUT2D eigenvalue weighted by molar-refractivity contribution is 5.26. The molecule has 1 heteroatoms. The Morgan fingerprint density at radius 1 is 1.55 bits per heavy atom. The van der Waals surface area contributed by atoms with Crippen molar-refractivity contribution in [3.05, 3.63) is 23.9 Å². The third kappa shape index (κ3) is 5.59. The van der Waals surface area contributed by atoms with Crippen LogP contribution in [0.4, 0.5) is 0 Å². The molecule has 11 heavy (non-hydrogen) atoms. The highest BCUT2D eigenvalue weighted by atomic mass is 14.6. The van der Waals surface area contributed by atoms with Crippen LogP contribution < -0.4 is 0 Å². The van der Waals surface area contributed by atoms with Crippen LogP contribution in [0.2, 0.25) is 0 Å². The molecule has 0 saturated heterocycles. The van der Waals surface area contributed by atoms with E-state index in [1.165, 1.54) is 12.0 Å². The van der Waals surface area contributed by atoms with Gasteiger partial charge in [-0.25, -0.2) is 0 Å². The van der Waals surface area contributed by atoms with Gasteiger partial charge in [-0.1, -0.05) is 25.5 Å². The smallest absolute Gasteiger partial charge is 0.0255 e. The number of rotatable bonds is 5. The fourth-order valence-electron chi connectivity index (χ4n) is 0.939. The molecule has 0 unspecified atom stereocenters. The zero-order valence-electron chi connectivity index (χ0n) is 7.51. The van der Waals surface area contributed by atoms with Crippen LogP contribution in [-0.2, 0) is 0 Å². The predicted molar refractivity (Wildman–Crippen MR) is 52.0 cm³/mol. The van der Waals surface area contributed by atoms with E-state index in [0.717, 1.165) is 12.8 Å². The minimum atomic E-state index is 1.02. The summed E-state index contributed by atoms with van der Waals surface area (Å²) in [6, 6.07) is 0. The summed E-state index contributed by atoms with van der Waals surface area (Å²) >= 11 is 0. The highest BCUT2D eigenvalue weighted by Crippen LogP contribution is 2.09. The van der Waals surface area contributed by atoms with E-state index in [0.29, 0.717) is 0 Å². The molecule has 0 aromatic heterocycles. The first-order valence-electron chi connectivity index (χ1n) is 4.10. The van der Waals surface area contributed by atoms with Gasteiger partial charge < -0.3 is 0 Å². The Hall–Kier alpha value is -0.850. The van der Waals surface area contributed by atoms with E-state index in [1.807, 2.05) is 13.1 Å². The molecule has 1 nitrogen and oxygen atoms in total. The quantitative estimate of drug-likeness (QED) is 0.422. The van der Waals surface area contributed by atoms with Crippen LogP contribution in [0.15, 0.2) is 28.9 Å². The van der Waals surface area contributed by atoms with Gasteiger partial charge in [-0.05, 0) is 32.1 Å². The molecule has 0 saturated carbocycles. The Bertz CT molecular complexity index is 154. The van der Waals surface area contributed by atoms with Gasteiger partial charge in [0.05, 0.1) is 0 Å². The van der Waals surface area contributed by atoms with Crippen molar-refractivity contribution in [1.82, 2.24) is 0 Å². The maximum atomic E-state index is 3.76. The van der Waals surface area contributed by atoms with E-state index in [9.17, 15) is 0 Å². The standard InChI is InChI=1S/C10H17N/c1-4-6-8-10(7-5-2)9-11-3/h4,6,9H,3,5,7-8H2,1-2H3/b6-4-,10-9-. The molecule has 0 radical (unpaired) electrons. The van der Waals surface area contributed by atoms with Crippen LogP contribution in [-0.4, -0.2) is 6.72 Å². The molecule has 0 bridgehead atoms. The minimum absolute atomic E-state index is 1.02. The second-order valence-corrected chi connectivity index (χ2v) is 2.49. The largest absolute Gasteiger partial charge is 0.273 e. The molecule has 0 amide bonds. The van der Waals surface area contributed by atoms with E-state index in [4.69, 9.17) is 0 Å². The molecule has 0 heterocycles. The zero-order valence-corrected chi connectivity index (χ0v) is 7.51. The van der Waals surface area contributed by atoms with Crippen molar-refractivity contribution in [2.75, 3.05) is 0 Å². The van der Waals surface area contributed by atoms with Crippen LogP contribution in [0.3, 0.4) is 0 Å². The van der Waals surface area contributed by atoms with Crippen molar-refractivity contribution in [3.8, 4) is 0 Å². The number of nitrogens with zero attached hydrogens (tertiary/aromatic N) is 1. The van der Waals surface area contributed by atoms with Gasteiger partial charge >= 0.3 is 0 Å². The van der Waals surface area contributed by atoms with Crippen molar-refractivity contribution in [1.29, 1.82) is 0 Å². The first kappa shape index (κ1) is 10.2. The lowest BCUT2D eigenvalue weighted by Gasteiger charge is -1.98. The summed E-state index contributed by atoms with van der Waals surface area (Å²) in [5.41, 5.74) is 1.36. The molecule has 0 N–H and O–H groups in total. The molecule has 0 aliphatic rings. The molecule has 0 aliphatic heterocycles. The van der Waals surface area contributed by atoms with Gasteiger partial charge in [-0.3, -0.25) is 4.99 Å². The zero-order chi connectivity index (χ0) is 8.53. The Balaban J connectivity index is 3.88. The van der Waals surface area contributed by atoms with Crippen LogP contribution >= 0.6 is 0 Å². The summed E-state index contributed by atoms with van der Waals surface area (Å²) < 4.78 is 0. The maximum absolute atomic E-state index is 3.76. The Labute approximate surface area is 69.5 Å². The van der Waals surface area contributed by atoms with Crippen LogP contribution in [0, 0.1) is 0 Å². The van der Waals surface area contributed by atoms with Crippen LogP contribution in [0.25, 0.3) is 0 Å². The third-order valence-electron chi connectivity index (χ3n) is 1.46. The Kier molecular flexibility index (Phi) is 6.70. The first-order chi connectivity index (χ1) is 5.35. The van der Waals surface area contributed by atoms with Crippen molar-refractivity contribution in [3.63, 3.8) is 0 Å². The summed E-state index contributed by atoms with van der Waals surface area (Å²) in [5, 5.41) is 0. The lowest BCUT2D eigenvalue weighted by molar-refractivity contribution is 0.875. The predicted octanol–water partition coefficient (Wildman–Crippen LogP) is 3.34. The van der Waals surface area contributed by atoms with Crippen molar-refractivity contribution < 1.29 is 0 Å². The molecule has 0 aliphatic carbocycles. The van der Waals surface area contributed by atoms with Crippen molar-refractivity contribution in [2.24, 2.45) is 4.99 Å². The van der Waals surface area contributed by atoms with Gasteiger partial charge in [0.1, 0.15) is 0 Å². The summed E-state index contributed by atoms with van der Waals surface area (Å²) in [5.74, 6) is 0. The van der Waals surface area contributed by atoms with E-state index >= 15 is 0 Å². The Morgan fingerprint density at radius 2 is 2.27 bits per heavy atom. The minimum Gasteiger partial charge on any atom is -0.273 e. The van der Waals surface area contributed by atoms with Crippen molar-refractivity contribution >= 4 is 6.72 Å². The molecule has 0 fully saturated rings. The summed E-state index contributed by atoms with van der Waals surface area (Å²) in [7, 11) is 0. The summed E-state index contributed by atoms with van der Waals surface area (Å²) in [6.45, 7) is 7.65. The van der Waals surface area contributed by atoms with Gasteiger partial charge in [-0.2, -0.15) is 0 Å². The molecule has 0 spiro atoms. The van der Waals surface area contributed by atoms with Gasteiger partial charge in [0, 0.05) is 6.20 Å². The average Bonchev–Trinajstić information content (AvgIpc) is 2.01. The van der Waals surface area contributed by atoms with Crippen LogP contribution in [0.5, 0.6) is 0 Å². The topological polar surface area (TPSA) is 12.4 Å².